The Kier molecular flexibility index (Phi) is 4.26. The molecule has 1 aliphatic heterocycles. The minimum absolute atomic E-state index is 0.141. The Hall–Kier alpha value is -1.73. The van der Waals surface area contributed by atoms with Gasteiger partial charge in [-0.3, -0.25) is 14.5 Å². The second kappa shape index (κ2) is 6.18. The Morgan fingerprint density at radius 3 is 2.59 bits per heavy atom. The number of aromatic nitrogens is 2. The zero-order valence-corrected chi connectivity index (χ0v) is 12.8. The summed E-state index contributed by atoms with van der Waals surface area (Å²) in [6, 6.07) is 2.84. The van der Waals surface area contributed by atoms with Gasteiger partial charge in [0.2, 0.25) is 0 Å². The van der Waals surface area contributed by atoms with Crippen molar-refractivity contribution in [2.75, 3.05) is 32.7 Å². The largest absolute Gasteiger partial charge is 0.392 e. The van der Waals surface area contributed by atoms with E-state index < -0.39 is 0 Å². The second-order valence-corrected chi connectivity index (χ2v) is 6.18. The molecule has 3 rings (SSSR count). The monoisotopic (exact) mass is 306 g/mol. The molecule has 1 aromatic rings. The van der Waals surface area contributed by atoms with Crippen LogP contribution in [0, 0.1) is 5.92 Å². The summed E-state index contributed by atoms with van der Waals surface area (Å²) in [7, 11) is 1.54. The van der Waals surface area contributed by atoms with E-state index in [1.165, 1.54) is 23.9 Å². The number of nitrogens with zero attached hydrogens (tertiary/aromatic N) is 4. The van der Waals surface area contributed by atoms with Crippen LogP contribution in [-0.4, -0.2) is 69.4 Å². The predicted octanol–water partition coefficient (Wildman–Crippen LogP) is -0.691. The molecular weight excluding hydrogens is 284 g/mol. The third-order valence-corrected chi connectivity index (χ3v) is 4.45. The molecule has 2 fully saturated rings. The number of amides is 1. The first-order valence-electron chi connectivity index (χ1n) is 7.78. The van der Waals surface area contributed by atoms with Crippen molar-refractivity contribution in [3.05, 3.63) is 28.2 Å². The third kappa shape index (κ3) is 3.36. The van der Waals surface area contributed by atoms with Gasteiger partial charge in [0.25, 0.3) is 11.5 Å². The summed E-state index contributed by atoms with van der Waals surface area (Å²) in [5.74, 6) is 0.340. The molecule has 1 atom stereocenters. The minimum Gasteiger partial charge on any atom is -0.392 e. The first kappa shape index (κ1) is 15.2. The van der Waals surface area contributed by atoms with Crippen LogP contribution in [0.25, 0.3) is 0 Å². The lowest BCUT2D eigenvalue weighted by Gasteiger charge is -2.35. The van der Waals surface area contributed by atoms with E-state index in [4.69, 9.17) is 0 Å². The Morgan fingerprint density at radius 2 is 2.00 bits per heavy atom. The number of carbonyl (C=O) groups excluding carboxylic acids is 1. The number of piperazine rings is 1. The summed E-state index contributed by atoms with van der Waals surface area (Å²) in [6.07, 6.45) is 2.04. The smallest absolute Gasteiger partial charge is 0.274 e. The standard InChI is InChI=1S/C15H22N4O3/c1-17-14(21)5-4-12(16-17)15(22)19-8-6-18(7-9-19)10-13(20)11-2-3-11/h4-5,11,13,20H,2-3,6-10H2,1H3/t13-/m1/s1. The van der Waals surface area contributed by atoms with Crippen molar-refractivity contribution in [3.63, 3.8) is 0 Å². The Balaban J connectivity index is 1.54. The predicted molar refractivity (Wildman–Crippen MR) is 80.6 cm³/mol. The van der Waals surface area contributed by atoms with Crippen LogP contribution in [0.4, 0.5) is 0 Å². The van der Waals surface area contributed by atoms with Crippen molar-refractivity contribution < 1.29 is 9.90 Å². The van der Waals surface area contributed by atoms with Crippen LogP contribution in [-0.2, 0) is 7.05 Å². The molecule has 2 aliphatic rings. The highest BCUT2D eigenvalue weighted by molar-refractivity contribution is 5.92. The van der Waals surface area contributed by atoms with Crippen molar-refractivity contribution in [1.82, 2.24) is 19.6 Å². The molecule has 0 spiro atoms. The molecule has 7 nitrogen and oxygen atoms in total. The first-order valence-corrected chi connectivity index (χ1v) is 7.78. The van der Waals surface area contributed by atoms with Gasteiger partial charge in [-0.2, -0.15) is 5.10 Å². The highest BCUT2D eigenvalue weighted by atomic mass is 16.3. The van der Waals surface area contributed by atoms with Crippen LogP contribution in [0.3, 0.4) is 0 Å². The van der Waals surface area contributed by atoms with Crippen molar-refractivity contribution in [2.45, 2.75) is 18.9 Å². The quantitative estimate of drug-likeness (QED) is 0.796. The number of hydrogen-bond acceptors (Lipinski definition) is 5. The lowest BCUT2D eigenvalue weighted by molar-refractivity contribution is 0.0483. The Labute approximate surface area is 129 Å². The number of hydrogen-bond donors (Lipinski definition) is 1. The summed E-state index contributed by atoms with van der Waals surface area (Å²) in [5.41, 5.74) is 0.0731. The van der Waals surface area contributed by atoms with Crippen molar-refractivity contribution in [2.24, 2.45) is 13.0 Å². The van der Waals surface area contributed by atoms with Crippen LogP contribution in [0.2, 0.25) is 0 Å². The number of aryl methyl sites for hydroxylation is 1. The van der Waals surface area contributed by atoms with Gasteiger partial charge < -0.3 is 10.0 Å². The maximum Gasteiger partial charge on any atom is 0.274 e. The van der Waals surface area contributed by atoms with Gasteiger partial charge in [-0.1, -0.05) is 0 Å². The summed E-state index contributed by atoms with van der Waals surface area (Å²) in [4.78, 5) is 27.7. The Bertz CT molecular complexity index is 603. The van der Waals surface area contributed by atoms with Gasteiger partial charge in [0, 0.05) is 45.8 Å². The fourth-order valence-electron chi connectivity index (χ4n) is 2.81. The third-order valence-electron chi connectivity index (χ3n) is 4.45. The van der Waals surface area contributed by atoms with E-state index in [1.807, 2.05) is 0 Å². The van der Waals surface area contributed by atoms with E-state index in [9.17, 15) is 14.7 Å². The van der Waals surface area contributed by atoms with E-state index in [2.05, 4.69) is 10.00 Å². The molecule has 0 aromatic carbocycles. The highest BCUT2D eigenvalue weighted by Gasteiger charge is 2.32. The second-order valence-electron chi connectivity index (χ2n) is 6.18. The zero-order chi connectivity index (χ0) is 15.7. The van der Waals surface area contributed by atoms with Gasteiger partial charge in [-0.25, -0.2) is 4.68 Å². The van der Waals surface area contributed by atoms with Gasteiger partial charge >= 0.3 is 0 Å². The van der Waals surface area contributed by atoms with Crippen molar-refractivity contribution >= 4 is 5.91 Å². The lowest BCUT2D eigenvalue weighted by atomic mass is 10.2. The van der Waals surface area contributed by atoms with Gasteiger partial charge in [0.15, 0.2) is 0 Å². The Morgan fingerprint density at radius 1 is 1.32 bits per heavy atom. The minimum atomic E-state index is -0.229. The number of β-amino-alcohol motifs (C(OH)–C–C–N with tert-alkyl or cyclic N) is 1. The van der Waals surface area contributed by atoms with E-state index in [-0.39, 0.29) is 17.6 Å². The van der Waals surface area contributed by atoms with Gasteiger partial charge in [0.05, 0.1) is 6.10 Å². The normalized spacial score (nSPS) is 20.9. The molecule has 1 N–H and O–H groups in total. The lowest BCUT2D eigenvalue weighted by Crippen LogP contribution is -2.50. The van der Waals surface area contributed by atoms with E-state index >= 15 is 0 Å². The molecule has 0 bridgehead atoms. The summed E-state index contributed by atoms with van der Waals surface area (Å²) >= 11 is 0. The average Bonchev–Trinajstić information content (AvgIpc) is 3.35. The molecule has 22 heavy (non-hydrogen) atoms. The fourth-order valence-corrected chi connectivity index (χ4v) is 2.81. The molecule has 120 valence electrons. The first-order chi connectivity index (χ1) is 10.5. The molecule has 1 aromatic heterocycles. The topological polar surface area (TPSA) is 78.7 Å². The molecule has 2 heterocycles. The molecule has 0 unspecified atom stereocenters. The summed E-state index contributed by atoms with van der Waals surface area (Å²) in [6.45, 7) is 3.48. The van der Waals surface area contributed by atoms with E-state index in [0.717, 1.165) is 25.9 Å². The molecule has 1 saturated carbocycles. The van der Waals surface area contributed by atoms with Crippen molar-refractivity contribution in [1.29, 1.82) is 0 Å². The number of carbonyl (C=O) groups is 1. The molecule has 0 radical (unpaired) electrons. The van der Waals surface area contributed by atoms with Crippen LogP contribution in [0.15, 0.2) is 16.9 Å². The molecule has 1 aliphatic carbocycles. The SMILES string of the molecule is Cn1nc(C(=O)N2CCN(C[C@@H](O)C3CC3)CC2)ccc1=O. The van der Waals surface area contributed by atoms with Crippen molar-refractivity contribution in [3.8, 4) is 0 Å². The summed E-state index contributed by atoms with van der Waals surface area (Å²) < 4.78 is 1.18. The zero-order valence-electron chi connectivity index (χ0n) is 12.8. The van der Waals surface area contributed by atoms with E-state index in [0.29, 0.717) is 31.2 Å². The van der Waals surface area contributed by atoms with Gasteiger partial charge in [0.1, 0.15) is 5.69 Å². The number of rotatable bonds is 4. The van der Waals surface area contributed by atoms with E-state index in [1.54, 1.807) is 4.90 Å². The average molecular weight is 306 g/mol. The van der Waals surface area contributed by atoms with Crippen LogP contribution in [0.5, 0.6) is 0 Å². The van der Waals surface area contributed by atoms with Crippen LogP contribution >= 0.6 is 0 Å². The maximum atomic E-state index is 12.4. The molecule has 1 saturated heterocycles. The maximum absolute atomic E-state index is 12.4. The molecule has 1 amide bonds. The van der Waals surface area contributed by atoms with Gasteiger partial charge in [-0.15, -0.1) is 0 Å². The highest BCUT2D eigenvalue weighted by Crippen LogP contribution is 2.32. The number of aliphatic hydroxyl groups is 1. The molecule has 7 heteroatoms. The number of aliphatic hydroxyl groups excluding tert-OH is 1. The van der Waals surface area contributed by atoms with Gasteiger partial charge in [-0.05, 0) is 24.8 Å². The van der Waals surface area contributed by atoms with Crippen LogP contribution < -0.4 is 5.56 Å². The van der Waals surface area contributed by atoms with Crippen LogP contribution in [0.1, 0.15) is 23.3 Å². The summed E-state index contributed by atoms with van der Waals surface area (Å²) in [5, 5.41) is 14.0. The fraction of sp³-hybridized carbons (Fsp3) is 0.667. The molecular formula is C15H22N4O3.